The Morgan fingerprint density at radius 3 is 1.18 bits per heavy atom. The molecule has 2 aliphatic heterocycles. The molecule has 0 fully saturated rings. The van der Waals surface area contributed by atoms with Crippen LogP contribution >= 0.6 is 0 Å². The first-order chi connectivity index (χ1) is 36.9. The first-order valence-corrected chi connectivity index (χ1v) is 27.5. The molecule has 0 unspecified atom stereocenters. The van der Waals surface area contributed by atoms with Crippen molar-refractivity contribution in [2.45, 2.75) is 90.9 Å². The van der Waals surface area contributed by atoms with Gasteiger partial charge in [-0.3, -0.25) is 0 Å². The van der Waals surface area contributed by atoms with Crippen molar-refractivity contribution in [1.82, 2.24) is 24.1 Å². The fraction of sp³-hybridized carbons (Fsp3) is 0.197. The normalized spacial score (nSPS) is 15.1. The lowest BCUT2D eigenvalue weighted by molar-refractivity contribution is 0.591. The molecule has 370 valence electrons. The first-order valence-electron chi connectivity index (χ1n) is 27.5. The lowest BCUT2D eigenvalue weighted by Crippen LogP contribution is -2.59. The van der Waals surface area contributed by atoms with Gasteiger partial charge in [-0.2, -0.15) is 0 Å². The molecule has 3 aromatic heterocycles. The van der Waals surface area contributed by atoms with E-state index < -0.39 is 0 Å². The number of rotatable bonds is 3. The van der Waals surface area contributed by atoms with Crippen molar-refractivity contribution in [3.8, 4) is 67.8 Å². The van der Waals surface area contributed by atoms with E-state index in [1.165, 1.54) is 127 Å². The predicted molar refractivity (Wildman–Crippen MR) is 322 cm³/mol. The standard InChI is InChI=1S/C71H58BN5/c1-68(2,3)42-31-50-48-35-54-46(44-25-17-19-27-52(44)70(54,7)8)37-58(48)76-60-29-41(67-74-65(39-21-13-11-14-22-39)73-66(75-67)40-23-15-12-16-24-40)30-61-62(60)72(56(33-42)63(50)76)57-34-43(69(4,5)6)32-51-49-36-55-47(38-59(49)77(61)64(51)57)45-26-18-20-28-53(45)71(55,9)10/h11-38H,1-10H3. The van der Waals surface area contributed by atoms with E-state index in [0.717, 1.165) is 16.7 Å². The quantitative estimate of drug-likeness (QED) is 0.166. The summed E-state index contributed by atoms with van der Waals surface area (Å²) in [6.45, 7) is 23.8. The van der Waals surface area contributed by atoms with Crippen LogP contribution in [0.4, 0.5) is 0 Å². The molecule has 0 radical (unpaired) electrons. The third-order valence-corrected chi connectivity index (χ3v) is 18.4. The van der Waals surface area contributed by atoms with Gasteiger partial charge in [-0.15, -0.1) is 0 Å². The Bertz CT molecular complexity index is 4350. The molecule has 16 rings (SSSR count). The van der Waals surface area contributed by atoms with Gasteiger partial charge in [-0.1, -0.05) is 191 Å². The maximum atomic E-state index is 5.46. The summed E-state index contributed by atoms with van der Waals surface area (Å²) in [6, 6.07) is 64.1. The van der Waals surface area contributed by atoms with Crippen LogP contribution in [0.3, 0.4) is 0 Å². The minimum Gasteiger partial charge on any atom is -0.310 e. The first kappa shape index (κ1) is 44.9. The summed E-state index contributed by atoms with van der Waals surface area (Å²) in [5.74, 6) is 1.94. The van der Waals surface area contributed by atoms with Gasteiger partial charge in [0.2, 0.25) is 0 Å². The van der Waals surface area contributed by atoms with E-state index in [-0.39, 0.29) is 28.4 Å². The van der Waals surface area contributed by atoms with E-state index in [0.29, 0.717) is 17.5 Å². The van der Waals surface area contributed by atoms with Gasteiger partial charge in [0, 0.05) is 71.5 Å². The average Bonchev–Trinajstić information content (AvgIpc) is 4.17. The Balaban J connectivity index is 1.10. The van der Waals surface area contributed by atoms with Gasteiger partial charge in [0.1, 0.15) is 0 Å². The molecule has 0 amide bonds. The topological polar surface area (TPSA) is 48.5 Å². The van der Waals surface area contributed by atoms with Crippen LogP contribution in [-0.4, -0.2) is 30.8 Å². The Morgan fingerprint density at radius 2 is 0.766 bits per heavy atom. The molecule has 0 saturated carbocycles. The van der Waals surface area contributed by atoms with Crippen molar-refractivity contribution in [1.29, 1.82) is 0 Å². The molecule has 5 nitrogen and oxygen atoms in total. The second kappa shape index (κ2) is 14.8. The van der Waals surface area contributed by atoms with Crippen LogP contribution in [0.2, 0.25) is 0 Å². The third-order valence-electron chi connectivity index (χ3n) is 18.4. The van der Waals surface area contributed by atoms with Crippen LogP contribution in [0.5, 0.6) is 0 Å². The van der Waals surface area contributed by atoms with Crippen molar-refractivity contribution in [3.63, 3.8) is 0 Å². The van der Waals surface area contributed by atoms with E-state index >= 15 is 0 Å². The zero-order valence-electron chi connectivity index (χ0n) is 45.5. The molecule has 0 N–H and O–H groups in total. The van der Waals surface area contributed by atoms with Gasteiger partial charge in [0.05, 0.1) is 11.0 Å². The molecular weight excluding hydrogens is 934 g/mol. The highest BCUT2D eigenvalue weighted by Crippen LogP contribution is 2.54. The van der Waals surface area contributed by atoms with Crippen LogP contribution in [-0.2, 0) is 21.7 Å². The maximum Gasteiger partial charge on any atom is 0.252 e. The molecule has 77 heavy (non-hydrogen) atoms. The molecular formula is C71H58BN5. The van der Waals surface area contributed by atoms with Gasteiger partial charge < -0.3 is 9.13 Å². The van der Waals surface area contributed by atoms with Crippen LogP contribution < -0.4 is 16.4 Å². The zero-order valence-corrected chi connectivity index (χ0v) is 45.5. The molecule has 0 saturated heterocycles. The number of benzene rings is 9. The summed E-state index contributed by atoms with van der Waals surface area (Å²) in [7, 11) is 0. The van der Waals surface area contributed by atoms with E-state index in [1.54, 1.807) is 0 Å². The fourth-order valence-electron chi connectivity index (χ4n) is 14.4. The van der Waals surface area contributed by atoms with Crippen molar-refractivity contribution < 1.29 is 0 Å². The summed E-state index contributed by atoms with van der Waals surface area (Å²) in [5.41, 5.74) is 27.2. The lowest BCUT2D eigenvalue weighted by atomic mass is 9.34. The highest BCUT2D eigenvalue weighted by Gasteiger charge is 2.45. The number of fused-ring (bicyclic) bond motifs is 16. The number of aromatic nitrogens is 5. The highest BCUT2D eigenvalue weighted by atomic mass is 15.1. The molecule has 0 atom stereocenters. The van der Waals surface area contributed by atoms with E-state index in [2.05, 4.69) is 236 Å². The average molecular weight is 992 g/mol. The van der Waals surface area contributed by atoms with E-state index in [1.807, 2.05) is 12.1 Å². The van der Waals surface area contributed by atoms with Crippen molar-refractivity contribution in [2.24, 2.45) is 0 Å². The van der Waals surface area contributed by atoms with Gasteiger partial charge >= 0.3 is 0 Å². The smallest absolute Gasteiger partial charge is 0.252 e. The van der Waals surface area contributed by atoms with Crippen LogP contribution in [0, 0.1) is 0 Å². The molecule has 0 spiro atoms. The minimum absolute atomic E-state index is 0.0663. The molecule has 9 aromatic carbocycles. The molecule has 6 heteroatoms. The summed E-state index contributed by atoms with van der Waals surface area (Å²) in [4.78, 5) is 16.1. The van der Waals surface area contributed by atoms with E-state index in [9.17, 15) is 0 Å². The Labute approximate surface area is 450 Å². The van der Waals surface area contributed by atoms with E-state index in [4.69, 9.17) is 15.0 Å². The van der Waals surface area contributed by atoms with Crippen LogP contribution in [0.1, 0.15) is 103 Å². The number of nitrogens with zero attached hydrogens (tertiary/aromatic N) is 5. The summed E-state index contributed by atoms with van der Waals surface area (Å²) in [6.07, 6.45) is 0. The van der Waals surface area contributed by atoms with Crippen LogP contribution in [0.15, 0.2) is 170 Å². The van der Waals surface area contributed by atoms with Crippen molar-refractivity contribution in [3.05, 3.63) is 203 Å². The monoisotopic (exact) mass is 991 g/mol. The van der Waals surface area contributed by atoms with Gasteiger partial charge in [0.15, 0.2) is 17.5 Å². The van der Waals surface area contributed by atoms with Gasteiger partial charge in [0.25, 0.3) is 6.71 Å². The largest absolute Gasteiger partial charge is 0.310 e. The number of hydrogen-bond acceptors (Lipinski definition) is 3. The highest BCUT2D eigenvalue weighted by molar-refractivity contribution is 7.00. The second-order valence-electron chi connectivity index (χ2n) is 25.7. The van der Waals surface area contributed by atoms with Gasteiger partial charge in [-0.25, -0.2) is 15.0 Å². The number of hydrogen-bond donors (Lipinski definition) is 0. The second-order valence-corrected chi connectivity index (χ2v) is 25.7. The van der Waals surface area contributed by atoms with Gasteiger partial charge in [-0.05, 0) is 131 Å². The van der Waals surface area contributed by atoms with Crippen molar-refractivity contribution >= 4 is 66.7 Å². The maximum absolute atomic E-state index is 5.46. The predicted octanol–water partition coefficient (Wildman–Crippen LogP) is 15.4. The molecule has 4 aliphatic rings. The SMILES string of the molecule is CC(C)(C)c1cc2c3c(c1)c1cc4c(cc1n3-c1cc(-c3nc(-c5ccccc5)nc(-c5ccccc5)n3)cc3c1B2c1cc(C(C)(C)C)cc2c5cc6c(cc5n-3c12)-c1ccccc1C6(C)C)-c1ccccc1C4(C)C. The zero-order chi connectivity index (χ0) is 52.4. The fourth-order valence-corrected chi connectivity index (χ4v) is 14.4. The minimum atomic E-state index is -0.159. The summed E-state index contributed by atoms with van der Waals surface area (Å²) >= 11 is 0. The molecule has 2 aliphatic carbocycles. The molecule has 0 bridgehead atoms. The Kier molecular flexibility index (Phi) is 8.61. The van der Waals surface area contributed by atoms with Crippen molar-refractivity contribution in [2.75, 3.05) is 0 Å². The lowest BCUT2D eigenvalue weighted by Gasteiger charge is -2.35. The summed E-state index contributed by atoms with van der Waals surface area (Å²) in [5, 5.41) is 5.19. The molecule has 12 aromatic rings. The third kappa shape index (κ3) is 5.94. The Morgan fingerprint density at radius 1 is 0.377 bits per heavy atom. The molecule has 5 heterocycles. The van der Waals surface area contributed by atoms with Crippen LogP contribution in [0.25, 0.3) is 111 Å². The Hall–Kier alpha value is -8.35. The summed E-state index contributed by atoms with van der Waals surface area (Å²) < 4.78 is 5.30.